The van der Waals surface area contributed by atoms with Crippen LogP contribution in [0.15, 0.2) is 0 Å². The molecule has 0 aliphatic heterocycles. The van der Waals surface area contributed by atoms with Crippen molar-refractivity contribution in [3.63, 3.8) is 0 Å². The van der Waals surface area contributed by atoms with Crippen molar-refractivity contribution in [3.05, 3.63) is 0 Å². The molecule has 0 aromatic rings. The molecule has 0 spiro atoms. The summed E-state index contributed by atoms with van der Waals surface area (Å²) >= 11 is 0. The van der Waals surface area contributed by atoms with Crippen LogP contribution in [-0.4, -0.2) is 24.6 Å². The Bertz CT molecular complexity index is 261. The maximum atomic E-state index is 11.5. The molecule has 0 aliphatic rings. The highest BCUT2D eigenvalue weighted by Crippen LogP contribution is 2.08. The van der Waals surface area contributed by atoms with E-state index in [9.17, 15) is 9.59 Å². The minimum atomic E-state index is -0.486. The van der Waals surface area contributed by atoms with Crippen molar-refractivity contribution in [1.82, 2.24) is 0 Å². The molecular formula is C15H28O4. The summed E-state index contributed by atoms with van der Waals surface area (Å²) in [6, 6.07) is 0. The van der Waals surface area contributed by atoms with Crippen LogP contribution in [0.2, 0.25) is 0 Å². The molecule has 0 saturated carbocycles. The van der Waals surface area contributed by atoms with E-state index in [1.165, 1.54) is 0 Å². The largest absolute Gasteiger partial charge is 0.465 e. The van der Waals surface area contributed by atoms with E-state index < -0.39 is 11.9 Å². The van der Waals surface area contributed by atoms with E-state index in [0.717, 1.165) is 32.1 Å². The van der Waals surface area contributed by atoms with Gasteiger partial charge in [-0.25, -0.2) is 0 Å². The fourth-order valence-electron chi connectivity index (χ4n) is 1.74. The van der Waals surface area contributed by atoms with E-state index in [-0.39, 0.29) is 12.5 Å². The number of hydrogen-bond donors (Lipinski definition) is 0. The van der Waals surface area contributed by atoms with Gasteiger partial charge in [-0.3, -0.25) is 9.59 Å². The van der Waals surface area contributed by atoms with Crippen LogP contribution >= 0.6 is 0 Å². The average Bonchev–Trinajstić information content (AvgIpc) is 2.33. The molecule has 0 aromatic carbocycles. The number of esters is 2. The van der Waals surface area contributed by atoms with Gasteiger partial charge in [-0.2, -0.15) is 0 Å². The highest BCUT2D eigenvalue weighted by atomic mass is 16.6. The van der Waals surface area contributed by atoms with Crippen molar-refractivity contribution in [1.29, 1.82) is 0 Å². The van der Waals surface area contributed by atoms with Crippen LogP contribution in [0.1, 0.15) is 66.2 Å². The lowest BCUT2D eigenvalue weighted by Crippen LogP contribution is -2.20. The normalized spacial score (nSPS) is 12.3. The third-order valence-electron chi connectivity index (χ3n) is 2.84. The quantitative estimate of drug-likeness (QED) is 0.347. The van der Waals surface area contributed by atoms with Crippen LogP contribution in [0, 0.1) is 5.92 Å². The summed E-state index contributed by atoms with van der Waals surface area (Å²) in [4.78, 5) is 22.9. The molecule has 0 N–H and O–H groups in total. The van der Waals surface area contributed by atoms with Gasteiger partial charge >= 0.3 is 11.9 Å². The van der Waals surface area contributed by atoms with Crippen LogP contribution in [0.3, 0.4) is 0 Å². The molecule has 0 radical (unpaired) electrons. The molecule has 0 aliphatic carbocycles. The second-order valence-electron chi connectivity index (χ2n) is 5.24. The third-order valence-corrected chi connectivity index (χ3v) is 2.84. The van der Waals surface area contributed by atoms with Crippen molar-refractivity contribution in [2.24, 2.45) is 5.92 Å². The number of ether oxygens (including phenoxy) is 2. The molecule has 1 unspecified atom stereocenters. The minimum Gasteiger partial charge on any atom is -0.465 e. The molecule has 0 amide bonds. The van der Waals surface area contributed by atoms with Crippen LogP contribution in [-0.2, 0) is 19.1 Å². The Labute approximate surface area is 116 Å². The van der Waals surface area contributed by atoms with Gasteiger partial charge in [0.25, 0.3) is 0 Å². The number of carbonyl (C=O) groups is 2. The molecular weight excluding hydrogens is 244 g/mol. The lowest BCUT2D eigenvalue weighted by Gasteiger charge is -2.14. The van der Waals surface area contributed by atoms with Crippen LogP contribution in [0.25, 0.3) is 0 Å². The fourth-order valence-corrected chi connectivity index (χ4v) is 1.74. The average molecular weight is 272 g/mol. The Morgan fingerprint density at radius 1 is 1.05 bits per heavy atom. The number of rotatable bonds is 10. The predicted molar refractivity (Wildman–Crippen MR) is 74.7 cm³/mol. The smallest absolute Gasteiger partial charge is 0.317 e. The summed E-state index contributed by atoms with van der Waals surface area (Å²) in [6.45, 7) is 8.64. The first-order valence-corrected chi connectivity index (χ1v) is 7.34. The Morgan fingerprint density at radius 2 is 1.74 bits per heavy atom. The van der Waals surface area contributed by atoms with E-state index in [1.54, 1.807) is 0 Å². The standard InChI is InChI=1S/C15H28O4/c1-5-8-13(6-2)19-15(17)11-14(16)18-10-7-9-12(3)4/h12-13H,5-11H2,1-4H3. The summed E-state index contributed by atoms with van der Waals surface area (Å²) in [5, 5.41) is 0. The Kier molecular flexibility index (Phi) is 10.2. The second-order valence-corrected chi connectivity index (χ2v) is 5.24. The first-order chi connectivity index (χ1) is 8.99. The van der Waals surface area contributed by atoms with Crippen LogP contribution in [0.4, 0.5) is 0 Å². The Hall–Kier alpha value is -1.06. The van der Waals surface area contributed by atoms with Crippen LogP contribution < -0.4 is 0 Å². The molecule has 4 nitrogen and oxygen atoms in total. The van der Waals surface area contributed by atoms with Gasteiger partial charge in [0.1, 0.15) is 12.5 Å². The number of carbonyl (C=O) groups excluding carboxylic acids is 2. The molecule has 0 rings (SSSR count). The molecule has 0 fully saturated rings. The van der Waals surface area contributed by atoms with Gasteiger partial charge in [-0.15, -0.1) is 0 Å². The zero-order valence-corrected chi connectivity index (χ0v) is 12.7. The minimum absolute atomic E-state index is 0.0776. The third kappa shape index (κ3) is 10.5. The molecule has 1 atom stereocenters. The Balaban J connectivity index is 3.76. The van der Waals surface area contributed by atoms with Crippen molar-refractivity contribution < 1.29 is 19.1 Å². The van der Waals surface area contributed by atoms with Gasteiger partial charge in [0, 0.05) is 0 Å². The highest BCUT2D eigenvalue weighted by Gasteiger charge is 2.16. The van der Waals surface area contributed by atoms with E-state index in [1.807, 2.05) is 13.8 Å². The van der Waals surface area contributed by atoms with Gasteiger partial charge in [-0.1, -0.05) is 34.1 Å². The SMILES string of the molecule is CCCC(CC)OC(=O)CC(=O)OCCCC(C)C. The summed E-state index contributed by atoms with van der Waals surface area (Å²) < 4.78 is 10.2. The van der Waals surface area contributed by atoms with Gasteiger partial charge in [-0.05, 0) is 31.6 Å². The maximum Gasteiger partial charge on any atom is 0.317 e. The lowest BCUT2D eigenvalue weighted by atomic mass is 10.1. The first kappa shape index (κ1) is 17.9. The van der Waals surface area contributed by atoms with E-state index >= 15 is 0 Å². The first-order valence-electron chi connectivity index (χ1n) is 7.34. The molecule has 0 heterocycles. The van der Waals surface area contributed by atoms with Gasteiger partial charge in [0.05, 0.1) is 6.61 Å². The highest BCUT2D eigenvalue weighted by molar-refractivity contribution is 5.91. The van der Waals surface area contributed by atoms with Gasteiger partial charge in [0.15, 0.2) is 0 Å². The molecule has 0 saturated heterocycles. The van der Waals surface area contributed by atoms with Crippen molar-refractivity contribution in [2.45, 2.75) is 72.3 Å². The van der Waals surface area contributed by atoms with Crippen molar-refractivity contribution >= 4 is 11.9 Å². The lowest BCUT2D eigenvalue weighted by molar-refractivity contribution is -0.158. The zero-order valence-electron chi connectivity index (χ0n) is 12.7. The molecule has 0 bridgehead atoms. The van der Waals surface area contributed by atoms with Gasteiger partial charge < -0.3 is 9.47 Å². The summed E-state index contributed by atoms with van der Waals surface area (Å²) in [6.07, 6.45) is 4.09. The molecule has 19 heavy (non-hydrogen) atoms. The summed E-state index contributed by atoms with van der Waals surface area (Å²) in [5.74, 6) is -0.364. The second kappa shape index (κ2) is 10.8. The Morgan fingerprint density at radius 3 is 2.26 bits per heavy atom. The predicted octanol–water partition coefficient (Wildman–Crippen LogP) is 3.48. The van der Waals surface area contributed by atoms with E-state index in [0.29, 0.717) is 12.5 Å². The zero-order chi connectivity index (χ0) is 14.7. The van der Waals surface area contributed by atoms with Crippen molar-refractivity contribution in [2.75, 3.05) is 6.61 Å². The van der Waals surface area contributed by atoms with Crippen LogP contribution in [0.5, 0.6) is 0 Å². The van der Waals surface area contributed by atoms with Gasteiger partial charge in [0.2, 0.25) is 0 Å². The fraction of sp³-hybridized carbons (Fsp3) is 0.867. The maximum absolute atomic E-state index is 11.5. The van der Waals surface area contributed by atoms with E-state index in [4.69, 9.17) is 9.47 Å². The molecule has 4 heteroatoms. The molecule has 0 aromatic heterocycles. The van der Waals surface area contributed by atoms with Crippen molar-refractivity contribution in [3.8, 4) is 0 Å². The number of hydrogen-bond acceptors (Lipinski definition) is 4. The summed E-state index contributed by atoms with van der Waals surface area (Å²) in [7, 11) is 0. The molecule has 112 valence electrons. The van der Waals surface area contributed by atoms with E-state index in [2.05, 4.69) is 13.8 Å². The summed E-state index contributed by atoms with van der Waals surface area (Å²) in [5.41, 5.74) is 0. The topological polar surface area (TPSA) is 52.6 Å². The monoisotopic (exact) mass is 272 g/mol.